The maximum absolute atomic E-state index is 12.0. The molecule has 0 aliphatic carbocycles. The molecule has 0 saturated carbocycles. The average Bonchev–Trinajstić information content (AvgIpc) is 2.60. The molecule has 0 bridgehead atoms. The number of nitrogens with zero attached hydrogens (tertiary/aromatic N) is 1. The van der Waals surface area contributed by atoms with E-state index in [9.17, 15) is 14.9 Å². The van der Waals surface area contributed by atoms with Crippen LogP contribution in [0.2, 0.25) is 0 Å². The first kappa shape index (κ1) is 17.1. The Labute approximate surface area is 138 Å². The van der Waals surface area contributed by atoms with Crippen molar-refractivity contribution in [3.05, 3.63) is 58.1 Å². The smallest absolute Gasteiger partial charge is 0.319 e. The number of urea groups is 1. The second-order valence-electron chi connectivity index (χ2n) is 4.80. The molecule has 0 fully saturated rings. The Morgan fingerprint density at radius 1 is 1.12 bits per heavy atom. The number of hydrogen-bond acceptors (Lipinski definition) is 5. The lowest BCUT2D eigenvalue weighted by Gasteiger charge is -2.11. The fraction of sp³-hybridized carbons (Fsp3) is 0.188. The number of nitro benzene ring substituents is 1. The predicted molar refractivity (Wildman–Crippen MR) is 88.5 cm³/mol. The van der Waals surface area contributed by atoms with Gasteiger partial charge in [0.15, 0.2) is 0 Å². The number of nitro groups is 1. The van der Waals surface area contributed by atoms with E-state index in [0.717, 1.165) is 11.3 Å². The van der Waals surface area contributed by atoms with Crippen LogP contribution in [0.15, 0.2) is 42.5 Å². The summed E-state index contributed by atoms with van der Waals surface area (Å²) in [5.41, 5.74) is 1.13. The quantitative estimate of drug-likeness (QED) is 0.626. The van der Waals surface area contributed by atoms with Crippen molar-refractivity contribution in [2.75, 3.05) is 19.5 Å². The van der Waals surface area contributed by atoms with Crippen LogP contribution in [0, 0.1) is 10.1 Å². The van der Waals surface area contributed by atoms with Crippen LogP contribution in [0.1, 0.15) is 5.56 Å². The number of hydrogen-bond donors (Lipinski definition) is 2. The Kier molecular flexibility index (Phi) is 5.56. The molecule has 0 radical (unpaired) electrons. The van der Waals surface area contributed by atoms with Crippen molar-refractivity contribution in [2.45, 2.75) is 6.54 Å². The number of methoxy groups -OCH3 is 2. The fourth-order valence-electron chi connectivity index (χ4n) is 1.99. The summed E-state index contributed by atoms with van der Waals surface area (Å²) in [6, 6.07) is 10.8. The second-order valence-corrected chi connectivity index (χ2v) is 4.80. The summed E-state index contributed by atoms with van der Waals surface area (Å²) < 4.78 is 10.1. The molecule has 0 unspecified atom stereocenters. The Bertz CT molecular complexity index is 731. The van der Waals surface area contributed by atoms with Crippen molar-refractivity contribution in [1.82, 2.24) is 5.32 Å². The molecule has 126 valence electrons. The fourth-order valence-corrected chi connectivity index (χ4v) is 1.99. The third-order valence-corrected chi connectivity index (χ3v) is 3.26. The summed E-state index contributed by atoms with van der Waals surface area (Å²) in [5, 5.41) is 16.0. The Morgan fingerprint density at radius 2 is 1.83 bits per heavy atom. The van der Waals surface area contributed by atoms with E-state index in [1.165, 1.54) is 25.3 Å². The van der Waals surface area contributed by atoms with Crippen LogP contribution in [0.25, 0.3) is 0 Å². The van der Waals surface area contributed by atoms with E-state index in [4.69, 9.17) is 9.47 Å². The summed E-state index contributed by atoms with van der Waals surface area (Å²) in [5.74, 6) is 0.947. The summed E-state index contributed by atoms with van der Waals surface area (Å²) in [7, 11) is 2.96. The summed E-state index contributed by atoms with van der Waals surface area (Å²) in [4.78, 5) is 22.2. The number of benzene rings is 2. The number of carbonyl (C=O) groups excluding carboxylic acids is 1. The summed E-state index contributed by atoms with van der Waals surface area (Å²) in [6.07, 6.45) is 0. The third-order valence-electron chi connectivity index (χ3n) is 3.26. The molecule has 2 rings (SSSR count). The van der Waals surface area contributed by atoms with Gasteiger partial charge in [0.1, 0.15) is 11.5 Å². The normalized spacial score (nSPS) is 9.92. The van der Waals surface area contributed by atoms with Gasteiger partial charge in [0, 0.05) is 12.6 Å². The van der Waals surface area contributed by atoms with Crippen LogP contribution in [0.3, 0.4) is 0 Å². The zero-order valence-corrected chi connectivity index (χ0v) is 13.2. The van der Waals surface area contributed by atoms with E-state index in [-0.39, 0.29) is 11.4 Å². The molecule has 8 heteroatoms. The largest absolute Gasteiger partial charge is 0.497 e. The minimum atomic E-state index is -0.532. The molecule has 8 nitrogen and oxygen atoms in total. The molecule has 2 aromatic carbocycles. The highest BCUT2D eigenvalue weighted by atomic mass is 16.6. The zero-order valence-electron chi connectivity index (χ0n) is 13.2. The van der Waals surface area contributed by atoms with Gasteiger partial charge in [-0.2, -0.15) is 0 Å². The maximum atomic E-state index is 12.0. The van der Waals surface area contributed by atoms with Crippen molar-refractivity contribution < 1.29 is 19.2 Å². The maximum Gasteiger partial charge on any atom is 0.319 e. The van der Waals surface area contributed by atoms with E-state index < -0.39 is 11.0 Å². The molecule has 24 heavy (non-hydrogen) atoms. The first-order valence-electron chi connectivity index (χ1n) is 7.03. The van der Waals surface area contributed by atoms with Gasteiger partial charge in [-0.25, -0.2) is 4.79 Å². The second kappa shape index (κ2) is 7.82. The molecule has 0 spiro atoms. The van der Waals surface area contributed by atoms with Gasteiger partial charge in [-0.05, 0) is 23.8 Å². The molecular weight excluding hydrogens is 314 g/mol. The number of rotatable bonds is 6. The highest BCUT2D eigenvalue weighted by Gasteiger charge is 2.13. The van der Waals surface area contributed by atoms with E-state index in [2.05, 4.69) is 10.6 Å². The lowest BCUT2D eigenvalue weighted by Crippen LogP contribution is -2.28. The standard InChI is InChI=1S/C16H17N3O5/c1-23-13-6-3-11(4-7-13)10-17-16(20)18-14-8-5-12(19(21)22)9-15(14)24-2/h3-9H,10H2,1-2H3,(H2,17,18,20). The number of ether oxygens (including phenoxy) is 2. The molecule has 2 aromatic rings. The van der Waals surface area contributed by atoms with E-state index in [0.29, 0.717) is 12.2 Å². The highest BCUT2D eigenvalue weighted by Crippen LogP contribution is 2.28. The minimum absolute atomic E-state index is 0.115. The van der Waals surface area contributed by atoms with Gasteiger partial charge >= 0.3 is 6.03 Å². The van der Waals surface area contributed by atoms with Gasteiger partial charge in [0.2, 0.25) is 0 Å². The summed E-state index contributed by atoms with van der Waals surface area (Å²) >= 11 is 0. The van der Waals surface area contributed by atoms with Crippen molar-refractivity contribution in [2.24, 2.45) is 0 Å². The lowest BCUT2D eigenvalue weighted by atomic mass is 10.2. The highest BCUT2D eigenvalue weighted by molar-refractivity contribution is 5.91. The molecule has 0 aliphatic rings. The van der Waals surface area contributed by atoms with Gasteiger partial charge in [-0.15, -0.1) is 0 Å². The zero-order chi connectivity index (χ0) is 17.5. The molecule has 0 saturated heterocycles. The van der Waals surface area contributed by atoms with Crippen LogP contribution < -0.4 is 20.1 Å². The monoisotopic (exact) mass is 331 g/mol. The SMILES string of the molecule is COc1ccc(CNC(=O)Nc2ccc([N+](=O)[O-])cc2OC)cc1. The number of amides is 2. The van der Waals surface area contributed by atoms with Gasteiger partial charge in [-0.1, -0.05) is 12.1 Å². The van der Waals surface area contributed by atoms with E-state index in [1.54, 1.807) is 19.2 Å². The van der Waals surface area contributed by atoms with Crippen molar-refractivity contribution in [3.8, 4) is 11.5 Å². The van der Waals surface area contributed by atoms with Crippen LogP contribution in [-0.4, -0.2) is 25.2 Å². The molecule has 2 amide bonds. The number of carbonyl (C=O) groups is 1. The first-order chi connectivity index (χ1) is 11.5. The van der Waals surface area contributed by atoms with Crippen LogP contribution in [0.4, 0.5) is 16.2 Å². The lowest BCUT2D eigenvalue weighted by molar-refractivity contribution is -0.384. The van der Waals surface area contributed by atoms with Crippen LogP contribution >= 0.6 is 0 Å². The molecular formula is C16H17N3O5. The van der Waals surface area contributed by atoms with Gasteiger partial charge in [-0.3, -0.25) is 10.1 Å². The first-order valence-corrected chi connectivity index (χ1v) is 7.03. The number of nitrogens with one attached hydrogen (secondary N) is 2. The topological polar surface area (TPSA) is 103 Å². The molecule has 2 N–H and O–H groups in total. The van der Waals surface area contributed by atoms with Crippen LogP contribution in [-0.2, 0) is 6.54 Å². The number of non-ortho nitro benzene ring substituents is 1. The van der Waals surface area contributed by atoms with Gasteiger partial charge in [0.05, 0.1) is 30.9 Å². The minimum Gasteiger partial charge on any atom is -0.497 e. The number of anilines is 1. The Hall–Kier alpha value is -3.29. The van der Waals surface area contributed by atoms with Gasteiger partial charge < -0.3 is 20.1 Å². The van der Waals surface area contributed by atoms with Crippen molar-refractivity contribution in [3.63, 3.8) is 0 Å². The Morgan fingerprint density at radius 3 is 2.42 bits per heavy atom. The third kappa shape index (κ3) is 4.35. The van der Waals surface area contributed by atoms with Gasteiger partial charge in [0.25, 0.3) is 5.69 Å². The van der Waals surface area contributed by atoms with E-state index in [1.807, 2.05) is 12.1 Å². The molecule has 0 atom stereocenters. The van der Waals surface area contributed by atoms with E-state index >= 15 is 0 Å². The summed E-state index contributed by atoms with van der Waals surface area (Å²) in [6.45, 7) is 0.325. The van der Waals surface area contributed by atoms with Crippen molar-refractivity contribution in [1.29, 1.82) is 0 Å². The predicted octanol–water partition coefficient (Wildman–Crippen LogP) is 2.93. The molecule has 0 heterocycles. The Balaban J connectivity index is 1.97. The van der Waals surface area contributed by atoms with Crippen LogP contribution in [0.5, 0.6) is 11.5 Å². The average molecular weight is 331 g/mol. The molecule has 0 aromatic heterocycles. The molecule has 0 aliphatic heterocycles. The van der Waals surface area contributed by atoms with Crippen molar-refractivity contribution >= 4 is 17.4 Å².